The lowest BCUT2D eigenvalue weighted by Gasteiger charge is -2.24. The SMILES string of the molecule is NCCCN(c1cccc(F)c1)c1nccn2nccc12. The van der Waals surface area contributed by atoms with Crippen LogP contribution in [-0.4, -0.2) is 27.7 Å². The zero-order valence-corrected chi connectivity index (χ0v) is 11.5. The van der Waals surface area contributed by atoms with Crippen LogP contribution in [0.5, 0.6) is 0 Å². The van der Waals surface area contributed by atoms with Crippen molar-refractivity contribution in [2.45, 2.75) is 6.42 Å². The largest absolute Gasteiger partial charge is 0.330 e. The van der Waals surface area contributed by atoms with Crippen LogP contribution in [0.4, 0.5) is 15.9 Å². The number of nitrogens with two attached hydrogens (primary N) is 1. The molecule has 0 radical (unpaired) electrons. The highest BCUT2D eigenvalue weighted by Crippen LogP contribution is 2.27. The fourth-order valence-electron chi connectivity index (χ4n) is 2.30. The molecule has 5 nitrogen and oxygen atoms in total. The Labute approximate surface area is 121 Å². The van der Waals surface area contributed by atoms with Gasteiger partial charge in [0.1, 0.15) is 11.3 Å². The molecule has 0 amide bonds. The first-order valence-electron chi connectivity index (χ1n) is 6.81. The van der Waals surface area contributed by atoms with Crippen molar-refractivity contribution in [1.29, 1.82) is 0 Å². The molecule has 0 saturated heterocycles. The van der Waals surface area contributed by atoms with E-state index in [1.165, 1.54) is 12.1 Å². The summed E-state index contributed by atoms with van der Waals surface area (Å²) in [5.74, 6) is 0.472. The van der Waals surface area contributed by atoms with Crippen LogP contribution in [0.1, 0.15) is 6.42 Å². The molecule has 21 heavy (non-hydrogen) atoms. The fraction of sp³-hybridized carbons (Fsp3) is 0.200. The normalized spacial score (nSPS) is 11.0. The average Bonchev–Trinajstić information content (AvgIpc) is 2.97. The van der Waals surface area contributed by atoms with Crippen LogP contribution < -0.4 is 10.6 Å². The number of fused-ring (bicyclic) bond motifs is 1. The molecule has 1 aromatic carbocycles. The van der Waals surface area contributed by atoms with Gasteiger partial charge in [0, 0.05) is 24.6 Å². The average molecular weight is 285 g/mol. The molecule has 108 valence electrons. The van der Waals surface area contributed by atoms with Gasteiger partial charge in [-0.05, 0) is 37.2 Å². The zero-order chi connectivity index (χ0) is 14.7. The summed E-state index contributed by atoms with van der Waals surface area (Å²) in [7, 11) is 0. The molecule has 0 aliphatic carbocycles. The minimum Gasteiger partial charge on any atom is -0.330 e. The summed E-state index contributed by atoms with van der Waals surface area (Å²) in [5.41, 5.74) is 7.25. The molecule has 2 aromatic heterocycles. The second-order valence-corrected chi connectivity index (χ2v) is 4.69. The van der Waals surface area contributed by atoms with E-state index >= 15 is 0 Å². The van der Waals surface area contributed by atoms with Crippen LogP contribution in [-0.2, 0) is 0 Å². The van der Waals surface area contributed by atoms with Gasteiger partial charge in [0.15, 0.2) is 5.82 Å². The molecule has 6 heteroatoms. The molecule has 2 N–H and O–H groups in total. The number of benzene rings is 1. The summed E-state index contributed by atoms with van der Waals surface area (Å²) >= 11 is 0. The monoisotopic (exact) mass is 285 g/mol. The topological polar surface area (TPSA) is 59.5 Å². The molecule has 0 unspecified atom stereocenters. The first kappa shape index (κ1) is 13.5. The Morgan fingerprint density at radius 1 is 1.24 bits per heavy atom. The van der Waals surface area contributed by atoms with E-state index in [2.05, 4.69) is 10.1 Å². The number of rotatable bonds is 5. The van der Waals surface area contributed by atoms with Gasteiger partial charge in [0.05, 0.1) is 6.20 Å². The molecule has 0 fully saturated rings. The van der Waals surface area contributed by atoms with Gasteiger partial charge in [-0.15, -0.1) is 0 Å². The Morgan fingerprint density at radius 2 is 2.14 bits per heavy atom. The van der Waals surface area contributed by atoms with E-state index in [0.29, 0.717) is 13.1 Å². The van der Waals surface area contributed by atoms with Crippen molar-refractivity contribution < 1.29 is 4.39 Å². The summed E-state index contributed by atoms with van der Waals surface area (Å²) in [4.78, 5) is 6.41. The lowest BCUT2D eigenvalue weighted by Crippen LogP contribution is -2.22. The molecular formula is C15H16FN5. The van der Waals surface area contributed by atoms with Gasteiger partial charge in [-0.2, -0.15) is 5.10 Å². The lowest BCUT2D eigenvalue weighted by molar-refractivity contribution is 0.627. The van der Waals surface area contributed by atoms with Crippen molar-refractivity contribution in [3.8, 4) is 0 Å². The highest BCUT2D eigenvalue weighted by Gasteiger charge is 2.14. The summed E-state index contributed by atoms with van der Waals surface area (Å²) in [6.45, 7) is 1.23. The highest BCUT2D eigenvalue weighted by atomic mass is 19.1. The fourth-order valence-corrected chi connectivity index (χ4v) is 2.30. The van der Waals surface area contributed by atoms with Gasteiger partial charge in [-0.3, -0.25) is 0 Å². The number of nitrogens with zero attached hydrogens (tertiary/aromatic N) is 4. The molecular weight excluding hydrogens is 269 g/mol. The Bertz CT molecular complexity index is 740. The summed E-state index contributed by atoms with van der Waals surface area (Å²) in [5, 5.41) is 4.20. The number of hydrogen-bond donors (Lipinski definition) is 1. The Hall–Kier alpha value is -2.47. The molecule has 0 atom stereocenters. The van der Waals surface area contributed by atoms with Crippen molar-refractivity contribution in [3.63, 3.8) is 0 Å². The number of aromatic nitrogens is 3. The lowest BCUT2D eigenvalue weighted by atomic mass is 10.2. The standard InChI is InChI=1S/C15H16FN5/c16-12-3-1-4-13(11-12)20(9-2-6-17)15-14-5-7-19-21(14)10-8-18-15/h1,3-5,7-8,10-11H,2,6,9,17H2. The summed E-state index contributed by atoms with van der Waals surface area (Å²) in [6, 6.07) is 8.37. The van der Waals surface area contributed by atoms with Gasteiger partial charge in [-0.1, -0.05) is 6.07 Å². The van der Waals surface area contributed by atoms with Crippen LogP contribution in [0.15, 0.2) is 48.9 Å². The first-order valence-corrected chi connectivity index (χ1v) is 6.81. The second kappa shape index (κ2) is 5.88. The molecule has 0 bridgehead atoms. The maximum atomic E-state index is 13.5. The predicted octanol–water partition coefficient (Wildman–Crippen LogP) is 2.36. The van der Waals surface area contributed by atoms with E-state index in [4.69, 9.17) is 5.73 Å². The molecule has 0 spiro atoms. The molecule has 0 aliphatic heterocycles. The summed E-state index contributed by atoms with van der Waals surface area (Å²) < 4.78 is 15.3. The quantitative estimate of drug-likeness (QED) is 0.781. The van der Waals surface area contributed by atoms with Gasteiger partial charge < -0.3 is 10.6 Å². The zero-order valence-electron chi connectivity index (χ0n) is 11.5. The van der Waals surface area contributed by atoms with Crippen molar-refractivity contribution in [2.24, 2.45) is 5.73 Å². The smallest absolute Gasteiger partial charge is 0.159 e. The van der Waals surface area contributed by atoms with Gasteiger partial charge in [-0.25, -0.2) is 13.9 Å². The Kier molecular flexibility index (Phi) is 3.79. The van der Waals surface area contributed by atoms with E-state index in [0.717, 1.165) is 23.4 Å². The summed E-state index contributed by atoms with van der Waals surface area (Å²) in [6.07, 6.45) is 5.97. The highest BCUT2D eigenvalue weighted by molar-refractivity contribution is 5.74. The van der Waals surface area contributed by atoms with Crippen LogP contribution in [0.2, 0.25) is 0 Å². The van der Waals surface area contributed by atoms with Crippen molar-refractivity contribution >= 4 is 17.0 Å². The minimum atomic E-state index is -0.272. The number of halogens is 1. The second-order valence-electron chi connectivity index (χ2n) is 4.69. The van der Waals surface area contributed by atoms with Crippen molar-refractivity contribution in [3.05, 3.63) is 54.7 Å². The van der Waals surface area contributed by atoms with E-state index in [1.807, 2.05) is 17.0 Å². The Morgan fingerprint density at radius 3 is 2.95 bits per heavy atom. The van der Waals surface area contributed by atoms with E-state index < -0.39 is 0 Å². The maximum absolute atomic E-state index is 13.5. The third-order valence-electron chi connectivity index (χ3n) is 3.27. The maximum Gasteiger partial charge on any atom is 0.159 e. The predicted molar refractivity (Wildman–Crippen MR) is 80.1 cm³/mol. The molecule has 0 aliphatic rings. The van der Waals surface area contributed by atoms with Crippen LogP contribution in [0.3, 0.4) is 0 Å². The van der Waals surface area contributed by atoms with Crippen molar-refractivity contribution in [2.75, 3.05) is 18.0 Å². The third kappa shape index (κ3) is 2.71. The first-order chi connectivity index (χ1) is 10.3. The molecule has 3 rings (SSSR count). The van der Waals surface area contributed by atoms with Crippen molar-refractivity contribution in [1.82, 2.24) is 14.6 Å². The minimum absolute atomic E-state index is 0.272. The van der Waals surface area contributed by atoms with Crippen LogP contribution >= 0.6 is 0 Å². The molecule has 3 aromatic rings. The molecule has 2 heterocycles. The Balaban J connectivity index is 2.08. The third-order valence-corrected chi connectivity index (χ3v) is 3.27. The van der Waals surface area contributed by atoms with Gasteiger partial charge in [0.2, 0.25) is 0 Å². The van der Waals surface area contributed by atoms with E-state index in [1.54, 1.807) is 29.2 Å². The van der Waals surface area contributed by atoms with Crippen LogP contribution in [0, 0.1) is 5.82 Å². The van der Waals surface area contributed by atoms with E-state index in [9.17, 15) is 4.39 Å². The van der Waals surface area contributed by atoms with Gasteiger partial charge in [0.25, 0.3) is 0 Å². The van der Waals surface area contributed by atoms with E-state index in [-0.39, 0.29) is 5.82 Å². The van der Waals surface area contributed by atoms with Crippen LogP contribution in [0.25, 0.3) is 5.52 Å². The number of hydrogen-bond acceptors (Lipinski definition) is 4. The number of anilines is 2. The molecule has 0 saturated carbocycles. The van der Waals surface area contributed by atoms with Gasteiger partial charge >= 0.3 is 0 Å².